The Morgan fingerprint density at radius 2 is 2.00 bits per heavy atom. The number of aromatic nitrogens is 4. The van der Waals surface area contributed by atoms with Crippen molar-refractivity contribution in [2.45, 2.75) is 6.54 Å². The Bertz CT molecular complexity index is 1120. The molecule has 0 aliphatic rings. The van der Waals surface area contributed by atoms with Gasteiger partial charge in [0, 0.05) is 12.3 Å². The average Bonchev–Trinajstić information content (AvgIpc) is 3.03. The van der Waals surface area contributed by atoms with Gasteiger partial charge in [0.15, 0.2) is 0 Å². The zero-order chi connectivity index (χ0) is 18.0. The van der Waals surface area contributed by atoms with E-state index < -0.39 is 28.4 Å². The first-order valence-corrected chi connectivity index (χ1v) is 6.94. The first-order chi connectivity index (χ1) is 11.9. The highest BCUT2D eigenvalue weighted by atomic mass is 16.3. The van der Waals surface area contributed by atoms with Gasteiger partial charge < -0.3 is 14.7 Å². The molecule has 1 amide bonds. The number of furan rings is 1. The highest BCUT2D eigenvalue weighted by molar-refractivity contribution is 6.03. The summed E-state index contributed by atoms with van der Waals surface area (Å²) in [5, 5.41) is 2.21. The molecule has 3 heterocycles. The molecule has 3 rings (SSSR count). The summed E-state index contributed by atoms with van der Waals surface area (Å²) in [6.45, 7) is -0.163. The van der Waals surface area contributed by atoms with Gasteiger partial charge in [-0.3, -0.25) is 28.9 Å². The fraction of sp³-hybridized carbons (Fsp3) is 0.0714. The normalized spacial score (nSPS) is 10.6. The van der Waals surface area contributed by atoms with Gasteiger partial charge in [-0.05, 0) is 12.1 Å². The van der Waals surface area contributed by atoms with E-state index in [0.29, 0.717) is 5.76 Å². The molecule has 0 fully saturated rings. The van der Waals surface area contributed by atoms with Crippen molar-refractivity contribution in [3.05, 3.63) is 83.7 Å². The molecule has 0 bridgehead atoms. The molecule has 0 aromatic carbocycles. The van der Waals surface area contributed by atoms with Gasteiger partial charge in [-0.15, -0.1) is 0 Å². The van der Waals surface area contributed by atoms with Crippen LogP contribution in [-0.4, -0.2) is 25.4 Å². The minimum atomic E-state index is -0.907. The van der Waals surface area contributed by atoms with Crippen molar-refractivity contribution in [3.8, 4) is 0 Å². The van der Waals surface area contributed by atoms with E-state index in [1.54, 1.807) is 12.1 Å². The van der Waals surface area contributed by atoms with Crippen molar-refractivity contribution in [1.29, 1.82) is 0 Å². The van der Waals surface area contributed by atoms with Crippen molar-refractivity contribution in [2.75, 3.05) is 5.32 Å². The smallest absolute Gasteiger partial charge is 0.328 e. The quantitative estimate of drug-likeness (QED) is 0.464. The molecule has 0 spiro atoms. The Balaban J connectivity index is 1.95. The van der Waals surface area contributed by atoms with Crippen molar-refractivity contribution < 1.29 is 9.21 Å². The van der Waals surface area contributed by atoms with Crippen LogP contribution in [0.4, 0.5) is 5.82 Å². The van der Waals surface area contributed by atoms with Crippen molar-refractivity contribution in [2.24, 2.45) is 0 Å². The third kappa shape index (κ3) is 3.39. The van der Waals surface area contributed by atoms with Crippen LogP contribution in [0.2, 0.25) is 0 Å². The van der Waals surface area contributed by atoms with Crippen LogP contribution < -0.4 is 27.8 Å². The van der Waals surface area contributed by atoms with Gasteiger partial charge in [0.2, 0.25) is 0 Å². The van der Waals surface area contributed by atoms with E-state index in [1.165, 1.54) is 6.26 Å². The Kier molecular flexibility index (Phi) is 4.04. The fourth-order valence-corrected chi connectivity index (χ4v) is 2.10. The summed E-state index contributed by atoms with van der Waals surface area (Å²) in [6, 6.07) is 4.10. The molecule has 0 aliphatic carbocycles. The maximum absolute atomic E-state index is 12.4. The Hall–Kier alpha value is -3.89. The number of aromatic amines is 3. The van der Waals surface area contributed by atoms with E-state index in [4.69, 9.17) is 4.42 Å². The second-order valence-corrected chi connectivity index (χ2v) is 4.93. The number of carbonyl (C=O) groups excluding carboxylic acids is 1. The van der Waals surface area contributed by atoms with Crippen LogP contribution in [0.25, 0.3) is 0 Å². The van der Waals surface area contributed by atoms with Crippen LogP contribution in [0.5, 0.6) is 0 Å². The highest BCUT2D eigenvalue weighted by Crippen LogP contribution is 2.01. The zero-order valence-electron chi connectivity index (χ0n) is 12.5. The fourth-order valence-electron chi connectivity index (χ4n) is 2.10. The predicted octanol–water partition coefficient (Wildman–Crippen LogP) is -1.19. The van der Waals surface area contributed by atoms with E-state index in [2.05, 4.69) is 15.3 Å². The number of amides is 1. The molecular weight excluding hydrogens is 334 g/mol. The van der Waals surface area contributed by atoms with Crippen LogP contribution in [0.3, 0.4) is 0 Å². The molecule has 3 aromatic rings. The molecule has 0 saturated heterocycles. The van der Waals surface area contributed by atoms with Gasteiger partial charge in [0.25, 0.3) is 17.0 Å². The minimum absolute atomic E-state index is 0.163. The number of nitrogens with zero attached hydrogens (tertiary/aromatic N) is 1. The lowest BCUT2D eigenvalue weighted by Crippen LogP contribution is -2.39. The number of hydrogen-bond acceptors (Lipinski definition) is 6. The van der Waals surface area contributed by atoms with Crippen LogP contribution in [0.15, 0.2) is 54.3 Å². The second-order valence-electron chi connectivity index (χ2n) is 4.93. The van der Waals surface area contributed by atoms with Gasteiger partial charge in [-0.2, -0.15) is 0 Å². The largest absolute Gasteiger partial charge is 0.467 e. The zero-order valence-corrected chi connectivity index (χ0v) is 12.5. The molecule has 0 unspecified atom stereocenters. The Labute approximate surface area is 137 Å². The van der Waals surface area contributed by atoms with Gasteiger partial charge in [0.05, 0.1) is 12.8 Å². The van der Waals surface area contributed by atoms with Gasteiger partial charge in [-0.1, -0.05) is 0 Å². The Morgan fingerprint density at radius 1 is 1.20 bits per heavy atom. The summed E-state index contributed by atoms with van der Waals surface area (Å²) in [5.74, 6) is -0.748. The molecule has 4 N–H and O–H groups in total. The molecule has 3 aromatic heterocycles. The van der Waals surface area contributed by atoms with E-state index in [9.17, 15) is 24.0 Å². The van der Waals surface area contributed by atoms with E-state index in [1.807, 2.05) is 4.98 Å². The monoisotopic (exact) mass is 345 g/mol. The lowest BCUT2D eigenvalue weighted by Gasteiger charge is -2.06. The first kappa shape index (κ1) is 16.0. The van der Waals surface area contributed by atoms with Crippen LogP contribution in [-0.2, 0) is 6.54 Å². The molecule has 0 atom stereocenters. The lowest BCUT2D eigenvalue weighted by atomic mass is 10.3. The number of H-pyrrole nitrogens is 3. The molecule has 0 saturated carbocycles. The summed E-state index contributed by atoms with van der Waals surface area (Å²) in [6.07, 6.45) is 2.33. The standard InChI is InChI=1S/C14H11N5O6/c20-10-4-9(17-13(23)18-10)16-11(21)8-5-15-14(24)19(12(8)22)6-7-2-1-3-25-7/h1-5H,6H2,(H,15,24)(H3,16,17,18,20,21,23). The lowest BCUT2D eigenvalue weighted by molar-refractivity contribution is 0.102. The maximum Gasteiger partial charge on any atom is 0.328 e. The summed E-state index contributed by atoms with van der Waals surface area (Å²) >= 11 is 0. The summed E-state index contributed by atoms with van der Waals surface area (Å²) in [7, 11) is 0. The molecule has 25 heavy (non-hydrogen) atoms. The number of hydrogen-bond donors (Lipinski definition) is 4. The summed E-state index contributed by atoms with van der Waals surface area (Å²) in [4.78, 5) is 65.2. The summed E-state index contributed by atoms with van der Waals surface area (Å²) < 4.78 is 5.86. The minimum Gasteiger partial charge on any atom is -0.467 e. The second kappa shape index (κ2) is 6.31. The van der Waals surface area contributed by atoms with Crippen molar-refractivity contribution in [1.82, 2.24) is 19.5 Å². The van der Waals surface area contributed by atoms with Crippen molar-refractivity contribution in [3.63, 3.8) is 0 Å². The van der Waals surface area contributed by atoms with Gasteiger partial charge in [-0.25, -0.2) is 9.59 Å². The summed E-state index contributed by atoms with van der Waals surface area (Å²) in [5.41, 5.74) is -3.50. The van der Waals surface area contributed by atoms with Gasteiger partial charge in [0.1, 0.15) is 17.1 Å². The van der Waals surface area contributed by atoms with Crippen LogP contribution >= 0.6 is 0 Å². The predicted molar refractivity (Wildman–Crippen MR) is 84.8 cm³/mol. The van der Waals surface area contributed by atoms with E-state index in [-0.39, 0.29) is 17.9 Å². The van der Waals surface area contributed by atoms with Gasteiger partial charge >= 0.3 is 11.4 Å². The molecule has 0 aliphatic heterocycles. The van der Waals surface area contributed by atoms with Crippen molar-refractivity contribution >= 4 is 11.7 Å². The third-order valence-corrected chi connectivity index (χ3v) is 3.21. The molecule has 0 radical (unpaired) electrons. The SMILES string of the molecule is O=C(Nc1cc(=O)[nH]c(=O)[nH]1)c1c[nH]c(=O)n(Cc2ccco2)c1=O. The number of anilines is 1. The molecule has 128 valence electrons. The average molecular weight is 345 g/mol. The number of nitrogens with one attached hydrogen (secondary N) is 4. The maximum atomic E-state index is 12.4. The first-order valence-electron chi connectivity index (χ1n) is 6.94. The highest BCUT2D eigenvalue weighted by Gasteiger charge is 2.16. The Morgan fingerprint density at radius 3 is 2.68 bits per heavy atom. The molecule has 11 nitrogen and oxygen atoms in total. The van der Waals surface area contributed by atoms with E-state index in [0.717, 1.165) is 16.8 Å². The third-order valence-electron chi connectivity index (χ3n) is 3.21. The molecular formula is C14H11N5O6. The number of carbonyl (C=O) groups is 1. The van der Waals surface area contributed by atoms with E-state index >= 15 is 0 Å². The number of rotatable bonds is 4. The topological polar surface area (TPSA) is 163 Å². The molecule has 11 heteroatoms. The van der Waals surface area contributed by atoms with Crippen LogP contribution in [0, 0.1) is 0 Å². The van der Waals surface area contributed by atoms with Crippen LogP contribution in [0.1, 0.15) is 16.1 Å².